The molecule has 6 nitrogen and oxygen atoms in total. The first kappa shape index (κ1) is 24.4. The van der Waals surface area contributed by atoms with Gasteiger partial charge >= 0.3 is 0 Å². The van der Waals surface area contributed by atoms with Crippen molar-refractivity contribution in [2.45, 2.75) is 47.1 Å². The van der Waals surface area contributed by atoms with Gasteiger partial charge in [-0.25, -0.2) is 9.97 Å². The van der Waals surface area contributed by atoms with Gasteiger partial charge in [-0.05, 0) is 60.5 Å². The number of ether oxygens (including phenoxy) is 1. The van der Waals surface area contributed by atoms with Crippen molar-refractivity contribution in [2.75, 3.05) is 11.4 Å². The lowest BCUT2D eigenvalue weighted by atomic mass is 10.1. The van der Waals surface area contributed by atoms with E-state index in [0.29, 0.717) is 18.2 Å². The summed E-state index contributed by atoms with van der Waals surface area (Å²) < 4.78 is 7.00. The number of nitrogens with zero attached hydrogens (tertiary/aromatic N) is 5. The Hall–Kier alpha value is -2.77. The zero-order chi connectivity index (χ0) is 24.4. The first-order valence-electron chi connectivity index (χ1n) is 11.1. The normalized spacial score (nSPS) is 14.0. The molecule has 1 aliphatic heterocycles. The van der Waals surface area contributed by atoms with Crippen LogP contribution in [0.5, 0.6) is 0 Å². The summed E-state index contributed by atoms with van der Waals surface area (Å²) in [6.45, 7) is 11.2. The maximum Gasteiger partial charge on any atom is 0.133 e. The molecule has 0 N–H and O–H groups in total. The van der Waals surface area contributed by atoms with Crippen LogP contribution in [0.3, 0.4) is 0 Å². The van der Waals surface area contributed by atoms with Gasteiger partial charge in [0.15, 0.2) is 0 Å². The highest BCUT2D eigenvalue weighted by Crippen LogP contribution is 2.36. The summed E-state index contributed by atoms with van der Waals surface area (Å²) in [4.78, 5) is 20.4. The van der Waals surface area contributed by atoms with Crippen LogP contribution < -0.4 is 4.90 Å². The highest BCUT2D eigenvalue weighted by atomic mass is 79.9. The standard InChI is InChI=1S/C26H27BrClN5O/c1-15(2)26-30-11-16(3)25(32-26)22-10-23(21(28)12-29-22)33-13-20(27)24(9-18(33)5)34-14-19-8-6-7-17(4)31-19/h6-12,15H,13-14H2,1-5H3. The van der Waals surface area contributed by atoms with Gasteiger partial charge in [-0.2, -0.15) is 0 Å². The largest absolute Gasteiger partial charge is 0.486 e. The number of halogens is 2. The van der Waals surface area contributed by atoms with E-state index in [2.05, 4.69) is 49.6 Å². The molecule has 0 saturated heterocycles. The van der Waals surface area contributed by atoms with Crippen LogP contribution in [0.25, 0.3) is 11.4 Å². The summed E-state index contributed by atoms with van der Waals surface area (Å²) in [7, 11) is 0. The lowest BCUT2D eigenvalue weighted by molar-refractivity contribution is 0.204. The van der Waals surface area contributed by atoms with Crippen molar-refractivity contribution in [1.82, 2.24) is 19.9 Å². The molecule has 0 aliphatic carbocycles. The van der Waals surface area contributed by atoms with E-state index in [1.54, 1.807) is 6.20 Å². The lowest BCUT2D eigenvalue weighted by Crippen LogP contribution is -2.27. The SMILES string of the molecule is CC1=CC(OCc2cccc(C)n2)=C(Br)CN1c1cc(-c2nc(C(C)C)ncc2C)ncc1Cl. The highest BCUT2D eigenvalue weighted by Gasteiger charge is 2.22. The van der Waals surface area contributed by atoms with Crippen molar-refractivity contribution in [2.24, 2.45) is 0 Å². The molecule has 1 aliphatic rings. The van der Waals surface area contributed by atoms with Crippen LogP contribution in [0.1, 0.15) is 49.5 Å². The number of rotatable bonds is 6. The van der Waals surface area contributed by atoms with Crippen LogP contribution in [0.15, 0.2) is 58.7 Å². The molecular weight excluding hydrogens is 514 g/mol. The Bertz CT molecular complexity index is 1290. The van der Waals surface area contributed by atoms with Crippen molar-refractivity contribution in [3.8, 4) is 11.4 Å². The van der Waals surface area contributed by atoms with Crippen LogP contribution in [-0.2, 0) is 11.3 Å². The number of pyridine rings is 2. The van der Waals surface area contributed by atoms with Crippen LogP contribution in [0.4, 0.5) is 5.69 Å². The molecular formula is C26H27BrClN5O. The quantitative estimate of drug-likeness (QED) is 0.340. The fraction of sp³-hybridized carbons (Fsp3) is 0.308. The molecule has 0 aromatic carbocycles. The maximum absolute atomic E-state index is 6.61. The second-order valence-corrected chi connectivity index (χ2v) is 10.00. The minimum absolute atomic E-state index is 0.230. The van der Waals surface area contributed by atoms with Gasteiger partial charge in [-0.15, -0.1) is 0 Å². The molecule has 0 spiro atoms. The molecule has 0 bridgehead atoms. The lowest BCUT2D eigenvalue weighted by Gasteiger charge is -2.30. The molecule has 34 heavy (non-hydrogen) atoms. The molecule has 4 rings (SSSR count). The van der Waals surface area contributed by atoms with Crippen molar-refractivity contribution in [1.29, 1.82) is 0 Å². The fourth-order valence-electron chi connectivity index (χ4n) is 3.67. The van der Waals surface area contributed by atoms with Gasteiger partial charge < -0.3 is 9.64 Å². The third-order valence-electron chi connectivity index (χ3n) is 5.53. The average molecular weight is 541 g/mol. The van der Waals surface area contributed by atoms with Crippen molar-refractivity contribution in [3.05, 3.63) is 86.5 Å². The summed E-state index contributed by atoms with van der Waals surface area (Å²) in [5, 5.41) is 0.570. The number of hydrogen-bond donors (Lipinski definition) is 0. The van der Waals surface area contributed by atoms with Crippen LogP contribution in [0.2, 0.25) is 5.02 Å². The van der Waals surface area contributed by atoms with E-state index in [0.717, 1.165) is 55.8 Å². The monoisotopic (exact) mass is 539 g/mol. The fourth-order valence-corrected chi connectivity index (χ4v) is 4.36. The number of aromatic nitrogens is 4. The minimum Gasteiger partial charge on any atom is -0.486 e. The van der Waals surface area contributed by atoms with Gasteiger partial charge in [0.1, 0.15) is 18.2 Å². The molecule has 0 amide bonds. The Labute approximate surface area is 213 Å². The van der Waals surface area contributed by atoms with Gasteiger partial charge in [0.2, 0.25) is 0 Å². The Morgan fingerprint density at radius 1 is 1.12 bits per heavy atom. The number of anilines is 1. The number of aryl methyl sites for hydroxylation is 2. The van der Waals surface area contributed by atoms with E-state index < -0.39 is 0 Å². The molecule has 3 aromatic heterocycles. The molecule has 176 valence electrons. The van der Waals surface area contributed by atoms with Crippen LogP contribution in [-0.4, -0.2) is 26.5 Å². The second kappa shape index (κ2) is 10.2. The smallest absolute Gasteiger partial charge is 0.133 e. The van der Waals surface area contributed by atoms with Crippen LogP contribution >= 0.6 is 27.5 Å². The Morgan fingerprint density at radius 3 is 2.65 bits per heavy atom. The molecule has 0 atom stereocenters. The topological polar surface area (TPSA) is 64.0 Å². The molecule has 0 saturated carbocycles. The molecule has 4 heterocycles. The predicted octanol–water partition coefficient (Wildman–Crippen LogP) is 6.87. The summed E-state index contributed by atoms with van der Waals surface area (Å²) >= 11 is 10.3. The average Bonchev–Trinajstić information content (AvgIpc) is 2.80. The molecule has 0 radical (unpaired) electrons. The first-order valence-corrected chi connectivity index (χ1v) is 12.3. The second-order valence-electron chi connectivity index (χ2n) is 8.64. The first-order chi connectivity index (χ1) is 16.2. The minimum atomic E-state index is 0.230. The van der Waals surface area contributed by atoms with Gasteiger partial charge in [-0.3, -0.25) is 9.97 Å². The van der Waals surface area contributed by atoms with Crippen molar-refractivity contribution in [3.63, 3.8) is 0 Å². The maximum atomic E-state index is 6.61. The van der Waals surface area contributed by atoms with E-state index in [-0.39, 0.29) is 5.92 Å². The van der Waals surface area contributed by atoms with Crippen molar-refractivity contribution >= 4 is 33.2 Å². The summed E-state index contributed by atoms with van der Waals surface area (Å²) in [6, 6.07) is 7.91. The van der Waals surface area contributed by atoms with E-state index in [1.807, 2.05) is 57.3 Å². The summed E-state index contributed by atoms with van der Waals surface area (Å²) in [5.41, 5.74) is 6.29. The van der Waals surface area contributed by atoms with E-state index in [4.69, 9.17) is 21.3 Å². The highest BCUT2D eigenvalue weighted by molar-refractivity contribution is 9.11. The zero-order valence-electron chi connectivity index (χ0n) is 19.9. The third-order valence-corrected chi connectivity index (χ3v) is 6.46. The van der Waals surface area contributed by atoms with Gasteiger partial charge in [0.25, 0.3) is 0 Å². The van der Waals surface area contributed by atoms with Gasteiger partial charge in [-0.1, -0.05) is 31.5 Å². The molecule has 0 unspecified atom stereocenters. The van der Waals surface area contributed by atoms with Gasteiger partial charge in [0, 0.05) is 35.8 Å². The van der Waals surface area contributed by atoms with Crippen molar-refractivity contribution < 1.29 is 4.74 Å². The summed E-state index contributed by atoms with van der Waals surface area (Å²) in [6.07, 6.45) is 5.54. The third kappa shape index (κ3) is 5.31. The van der Waals surface area contributed by atoms with Gasteiger partial charge in [0.05, 0.1) is 38.8 Å². The number of hydrogen-bond acceptors (Lipinski definition) is 6. The van der Waals surface area contributed by atoms with Crippen LogP contribution in [0, 0.1) is 13.8 Å². The predicted molar refractivity (Wildman–Crippen MR) is 140 cm³/mol. The summed E-state index contributed by atoms with van der Waals surface area (Å²) in [5.74, 6) is 1.81. The Balaban J connectivity index is 1.60. The zero-order valence-corrected chi connectivity index (χ0v) is 22.3. The Morgan fingerprint density at radius 2 is 1.91 bits per heavy atom. The molecule has 3 aromatic rings. The Kier molecular flexibility index (Phi) is 7.33. The van der Waals surface area contributed by atoms with E-state index in [1.165, 1.54) is 0 Å². The van der Waals surface area contributed by atoms with E-state index in [9.17, 15) is 0 Å². The number of allylic oxidation sites excluding steroid dienone is 2. The molecule has 0 fully saturated rings. The van der Waals surface area contributed by atoms with E-state index >= 15 is 0 Å². The molecule has 8 heteroatoms.